The number of hydrogen-bond donors (Lipinski definition) is 18. The summed E-state index contributed by atoms with van der Waals surface area (Å²) in [6.07, 6.45) is -9.10. The van der Waals surface area contributed by atoms with E-state index >= 15 is 28.8 Å². The van der Waals surface area contributed by atoms with Crippen molar-refractivity contribution in [1.82, 2.24) is 42.5 Å². The third-order valence-electron chi connectivity index (χ3n) is 23.6. The number of Topliss-reactive ketones (excluding diaryl/α,β-unsaturated/α-hetero) is 1. The first-order chi connectivity index (χ1) is 54.4. The summed E-state index contributed by atoms with van der Waals surface area (Å²) in [6, 6.07) is 7.26. The van der Waals surface area contributed by atoms with Crippen LogP contribution < -0.4 is 68.2 Å². The number of halogens is 2. The Hall–Kier alpha value is -9.00. The third kappa shape index (κ3) is 17.7. The van der Waals surface area contributed by atoms with Gasteiger partial charge in [0.05, 0.1) is 65.3 Å². The van der Waals surface area contributed by atoms with Crippen molar-refractivity contribution in [2.75, 3.05) is 20.2 Å². The summed E-state index contributed by atoms with van der Waals surface area (Å²) in [5, 5.41) is 116. The molecule has 20 N–H and O–H groups in total. The van der Waals surface area contributed by atoms with Crippen LogP contribution in [0.15, 0.2) is 78.9 Å². The molecular formula is C81H100Cl2N10O22. The van der Waals surface area contributed by atoms with Crippen molar-refractivity contribution in [1.29, 1.82) is 0 Å². The molecule has 0 radical (unpaired) electrons. The molecule has 17 atom stereocenters. The third-order valence-corrected chi connectivity index (χ3v) is 24.2. The van der Waals surface area contributed by atoms with E-state index in [1.165, 1.54) is 81.4 Å². The van der Waals surface area contributed by atoms with Gasteiger partial charge in [-0.15, -0.1) is 0 Å². The highest BCUT2D eigenvalue weighted by Crippen LogP contribution is 2.56. The van der Waals surface area contributed by atoms with Crippen molar-refractivity contribution in [3.63, 3.8) is 0 Å². The largest absolute Gasteiger partial charge is 0.508 e. The fourth-order valence-corrected chi connectivity index (χ4v) is 18.5. The van der Waals surface area contributed by atoms with Gasteiger partial charge in [0, 0.05) is 54.6 Å². The number of carbonyl (C=O) groups is 8. The molecule has 7 amide bonds. The molecule has 34 heteroatoms. The Morgan fingerprint density at radius 1 is 0.774 bits per heavy atom. The molecule has 15 bridgehead atoms. The molecule has 6 fully saturated rings. The Morgan fingerprint density at radius 2 is 1.43 bits per heavy atom. The van der Waals surface area contributed by atoms with Gasteiger partial charge in [0.1, 0.15) is 58.6 Å². The lowest BCUT2D eigenvalue weighted by Gasteiger charge is -2.54. The number of fused-ring (bicyclic) bond motifs is 15. The van der Waals surface area contributed by atoms with Crippen LogP contribution in [0.25, 0.3) is 11.1 Å². The highest BCUT2D eigenvalue weighted by Gasteiger charge is 2.62. The van der Waals surface area contributed by atoms with Crippen LogP contribution in [0.1, 0.15) is 164 Å². The highest BCUT2D eigenvalue weighted by atomic mass is 35.5. The van der Waals surface area contributed by atoms with Crippen molar-refractivity contribution >= 4 is 70.3 Å². The molecule has 620 valence electrons. The van der Waals surface area contributed by atoms with Gasteiger partial charge in [0.2, 0.25) is 53.4 Å². The molecule has 7 heterocycles. The van der Waals surface area contributed by atoms with E-state index in [-0.39, 0.29) is 110 Å². The molecule has 11 aliphatic rings. The minimum absolute atomic E-state index is 0.0618. The van der Waals surface area contributed by atoms with Gasteiger partial charge in [-0.1, -0.05) is 55.2 Å². The summed E-state index contributed by atoms with van der Waals surface area (Å²) in [7, 11) is 1.61. The minimum atomic E-state index is -2.49. The zero-order valence-corrected chi connectivity index (χ0v) is 66.0. The average Bonchev–Trinajstić information content (AvgIpc) is 1.60. The summed E-state index contributed by atoms with van der Waals surface area (Å²) < 4.78 is 38.9. The minimum Gasteiger partial charge on any atom is -0.508 e. The Morgan fingerprint density at radius 3 is 2.05 bits per heavy atom. The van der Waals surface area contributed by atoms with E-state index in [1.807, 2.05) is 13.8 Å². The standard InChI is InChI=1S/C81H100Cl2N10O22/c1-34(2)16-44(32-86-7)73(104)91-71-77(108)88-53(30-61(84)100)75(106)90-67-43-24-58(69(59(25-43)112-57-14-10-45(26-51(57)83)80(71,6)109)115-78(113-63(102)33-94)68(35(3)95)114-64-31-79(5,85)72(103)36(4)110-64)111-56-13-9-40(23-50(56)82)70-81(93-70)60(99)29-48(74(105)89-66-41-18-37-17-38(20-41)21-42(66)19-37)47-27-46(96)28-55(98)65(47)49-22-39(8-12-54(49)97)52(87-76(67)107)11-15-62(101)92-81/h8-10,12-14,22-28,34-38,41-42,44,48,52-53,63-64,66-68,70-72,78,86,93-98,102-103,109H,11,15-21,29-33,85H2,1-7H3,(H2,84,100)(H,87,107)(H,88,108)(H,89,105)(H,90,106)(H,91,104)(H,92,101). The molecule has 17 unspecified atom stereocenters. The van der Waals surface area contributed by atoms with Crippen LogP contribution in [0.2, 0.25) is 10.0 Å². The van der Waals surface area contributed by atoms with Crippen LogP contribution in [-0.4, -0.2) is 181 Å². The number of ether oxygens (including phenoxy) is 6. The molecule has 4 saturated carbocycles. The second-order valence-electron chi connectivity index (χ2n) is 32.9. The Bertz CT molecular complexity index is 4580. The lowest BCUT2D eigenvalue weighted by Crippen LogP contribution is -2.62. The Labute approximate surface area is 672 Å². The number of phenols is 3. The second-order valence-corrected chi connectivity index (χ2v) is 33.8. The van der Waals surface area contributed by atoms with Crippen LogP contribution in [-0.2, 0) is 58.2 Å². The molecule has 5 aromatic carbocycles. The fourth-order valence-electron chi connectivity index (χ4n) is 18.0. The molecule has 5 aromatic rings. The summed E-state index contributed by atoms with van der Waals surface area (Å²) in [6.45, 7) is 8.27. The molecule has 1 spiro atoms. The molecule has 2 saturated heterocycles. The zero-order valence-electron chi connectivity index (χ0n) is 64.4. The maximum atomic E-state index is 16.5. The Kier molecular flexibility index (Phi) is 24.5. The highest BCUT2D eigenvalue weighted by molar-refractivity contribution is 6.32. The SMILES string of the molecule is CNCC(CC(C)C)C(=O)NC1C(=O)NC(CC(N)=O)C(=O)NC2C(=O)NC3CCC(=O)NC4(NC4c4ccc(c(Cl)c4)Oc4cc2cc(c4OC(OC(O)CO)C(OC2CC(C)(N)C(O)C(C)O2)C(C)O)Oc2ccc(cc2Cl)C1(C)O)C(=O)CC(C(=O)NC1C2CC4CC(C2)CC1C4)c1cc(O)cc(O)c1-c1cc3ccc1O. The average molecular weight is 1640 g/mol. The van der Waals surface area contributed by atoms with E-state index < -0.39 is 210 Å². The normalized spacial score (nSPS) is 31.0. The second kappa shape index (κ2) is 33.5. The first kappa shape index (κ1) is 83.9. The van der Waals surface area contributed by atoms with Gasteiger partial charge in [-0.2, -0.15) is 0 Å². The summed E-state index contributed by atoms with van der Waals surface area (Å²) in [5.74, 6) is -12.9. The number of nitrogens with one attached hydrogen (secondary N) is 8. The van der Waals surface area contributed by atoms with Gasteiger partial charge in [-0.25, -0.2) is 0 Å². The first-order valence-corrected chi connectivity index (χ1v) is 39.6. The number of rotatable bonds is 19. The molecule has 115 heavy (non-hydrogen) atoms. The first-order valence-electron chi connectivity index (χ1n) is 38.8. The van der Waals surface area contributed by atoms with E-state index in [1.54, 1.807) is 14.0 Å². The molecule has 32 nitrogen and oxygen atoms in total. The summed E-state index contributed by atoms with van der Waals surface area (Å²) in [4.78, 5) is 122. The van der Waals surface area contributed by atoms with Crippen molar-refractivity contribution < 1.29 is 108 Å². The van der Waals surface area contributed by atoms with Crippen molar-refractivity contribution in [3.05, 3.63) is 117 Å². The van der Waals surface area contributed by atoms with Gasteiger partial charge < -0.3 is 118 Å². The lowest BCUT2D eigenvalue weighted by atomic mass is 9.54. The van der Waals surface area contributed by atoms with E-state index in [0.717, 1.165) is 50.3 Å². The van der Waals surface area contributed by atoms with E-state index in [0.29, 0.717) is 11.8 Å². The number of amides is 7. The smallest absolute Gasteiger partial charge is 0.247 e. The topological polar surface area (TPSA) is 512 Å². The number of hydrogen-bond acceptors (Lipinski definition) is 25. The molecule has 0 aromatic heterocycles. The van der Waals surface area contributed by atoms with Crippen LogP contribution in [0.4, 0.5) is 0 Å². The quantitative estimate of drug-likeness (QED) is 0.0397. The summed E-state index contributed by atoms with van der Waals surface area (Å²) >= 11 is 14.6. The lowest BCUT2D eigenvalue weighted by molar-refractivity contribution is -0.311. The van der Waals surface area contributed by atoms with Gasteiger partial charge in [-0.05, 0) is 192 Å². The van der Waals surface area contributed by atoms with Crippen LogP contribution in [0.3, 0.4) is 0 Å². The van der Waals surface area contributed by atoms with Gasteiger partial charge in [0.25, 0.3) is 0 Å². The molecule has 16 rings (SSSR count). The van der Waals surface area contributed by atoms with Crippen LogP contribution in [0.5, 0.6) is 46.0 Å². The monoisotopic (exact) mass is 1630 g/mol. The van der Waals surface area contributed by atoms with Crippen LogP contribution >= 0.6 is 23.2 Å². The fraction of sp³-hybridized carbons (Fsp3) is 0.531. The Balaban J connectivity index is 1.03. The number of ketones is 1. The maximum absolute atomic E-state index is 16.5. The van der Waals surface area contributed by atoms with Gasteiger partial charge in [-0.3, -0.25) is 43.7 Å². The van der Waals surface area contributed by atoms with E-state index in [4.69, 9.17) is 63.1 Å². The number of carbonyl (C=O) groups excluding carboxylic acids is 8. The van der Waals surface area contributed by atoms with Crippen molar-refractivity contribution in [2.45, 2.75) is 214 Å². The molecule has 7 aliphatic heterocycles. The molecular weight excluding hydrogens is 1540 g/mol. The van der Waals surface area contributed by atoms with E-state index in [2.05, 4.69) is 42.5 Å². The van der Waals surface area contributed by atoms with Gasteiger partial charge in [0.15, 0.2) is 35.5 Å². The number of nitrogens with two attached hydrogens (primary N) is 2. The van der Waals surface area contributed by atoms with Crippen LogP contribution in [0, 0.1) is 35.5 Å². The zero-order chi connectivity index (χ0) is 82.8. The number of benzene rings is 5. The number of phenolic OH excluding ortho intramolecular Hbond substituents is 3. The van der Waals surface area contributed by atoms with E-state index in [9.17, 15) is 50.4 Å². The number of aliphatic hydroxyl groups is 5. The summed E-state index contributed by atoms with van der Waals surface area (Å²) in [5.41, 5.74) is 5.98. The number of aliphatic hydroxyl groups excluding tert-OH is 4. The number of primary amides is 1. The van der Waals surface area contributed by atoms with Crippen molar-refractivity contribution in [3.8, 4) is 57.1 Å². The predicted octanol–water partition coefficient (Wildman–Crippen LogP) is 4.58. The predicted molar refractivity (Wildman–Crippen MR) is 412 cm³/mol. The van der Waals surface area contributed by atoms with Gasteiger partial charge >= 0.3 is 0 Å². The maximum Gasteiger partial charge on any atom is 0.247 e. The van der Waals surface area contributed by atoms with Crippen molar-refractivity contribution in [2.24, 2.45) is 47.0 Å². The molecule has 4 aliphatic carbocycles. The number of aromatic hydroxyl groups is 3.